The standard InChI is InChI=1S/C13H16BrNO3/c1-17-9-4-3-5-10(18-2)11(9)12(16)15-13(8-14)6-7-13/h3-5H,6-8H2,1-2H3,(H,15,16). The van der Waals surface area contributed by atoms with Gasteiger partial charge in [-0.15, -0.1) is 0 Å². The number of ether oxygens (including phenoxy) is 2. The van der Waals surface area contributed by atoms with Gasteiger partial charge < -0.3 is 14.8 Å². The van der Waals surface area contributed by atoms with E-state index in [1.165, 1.54) is 0 Å². The van der Waals surface area contributed by atoms with Crippen molar-refractivity contribution in [3.8, 4) is 11.5 Å². The van der Waals surface area contributed by atoms with Crippen LogP contribution in [0.1, 0.15) is 23.2 Å². The zero-order valence-electron chi connectivity index (χ0n) is 10.5. The van der Waals surface area contributed by atoms with Gasteiger partial charge in [-0.05, 0) is 25.0 Å². The van der Waals surface area contributed by atoms with Crippen LogP contribution in [0, 0.1) is 0 Å². The van der Waals surface area contributed by atoms with Crippen LogP contribution in [0.5, 0.6) is 11.5 Å². The Morgan fingerprint density at radius 1 is 1.33 bits per heavy atom. The van der Waals surface area contributed by atoms with Crippen molar-refractivity contribution in [1.82, 2.24) is 5.32 Å². The molecule has 1 amide bonds. The summed E-state index contributed by atoms with van der Waals surface area (Å²) in [5.74, 6) is 0.899. The van der Waals surface area contributed by atoms with E-state index in [1.807, 2.05) is 0 Å². The molecule has 0 heterocycles. The van der Waals surface area contributed by atoms with E-state index >= 15 is 0 Å². The summed E-state index contributed by atoms with van der Waals surface area (Å²) in [6.45, 7) is 0. The van der Waals surface area contributed by atoms with Crippen LogP contribution in [0.4, 0.5) is 0 Å². The van der Waals surface area contributed by atoms with E-state index in [0.717, 1.165) is 18.2 Å². The summed E-state index contributed by atoms with van der Waals surface area (Å²) in [6.07, 6.45) is 2.00. The van der Waals surface area contributed by atoms with Crippen molar-refractivity contribution < 1.29 is 14.3 Å². The minimum absolute atomic E-state index is 0.0943. The topological polar surface area (TPSA) is 47.6 Å². The van der Waals surface area contributed by atoms with E-state index < -0.39 is 0 Å². The molecule has 1 aliphatic carbocycles. The number of hydrogen-bond donors (Lipinski definition) is 1. The highest BCUT2D eigenvalue weighted by atomic mass is 79.9. The third-order valence-electron chi connectivity index (χ3n) is 3.14. The van der Waals surface area contributed by atoms with Crippen molar-refractivity contribution in [1.29, 1.82) is 0 Å². The molecule has 1 fully saturated rings. The second kappa shape index (κ2) is 5.18. The molecule has 1 saturated carbocycles. The van der Waals surface area contributed by atoms with Crippen molar-refractivity contribution in [3.05, 3.63) is 23.8 Å². The molecule has 0 spiro atoms. The number of benzene rings is 1. The number of methoxy groups -OCH3 is 2. The molecule has 0 radical (unpaired) electrons. The number of alkyl halides is 1. The van der Waals surface area contributed by atoms with Crippen LogP contribution in [0.15, 0.2) is 18.2 Å². The lowest BCUT2D eigenvalue weighted by Crippen LogP contribution is -2.38. The Bertz CT molecular complexity index is 435. The van der Waals surface area contributed by atoms with Crippen molar-refractivity contribution in [2.75, 3.05) is 19.5 Å². The Kier molecular flexibility index (Phi) is 3.80. The molecular formula is C13H16BrNO3. The Morgan fingerprint density at radius 3 is 2.28 bits per heavy atom. The van der Waals surface area contributed by atoms with Gasteiger partial charge in [0.05, 0.1) is 19.8 Å². The summed E-state index contributed by atoms with van der Waals surface area (Å²) in [4.78, 5) is 12.3. The van der Waals surface area contributed by atoms with Crippen LogP contribution in [-0.4, -0.2) is 31.0 Å². The molecule has 98 valence electrons. The molecule has 0 aromatic heterocycles. The molecular weight excluding hydrogens is 298 g/mol. The fourth-order valence-corrected chi connectivity index (χ4v) is 2.52. The number of carbonyl (C=O) groups excluding carboxylic acids is 1. The van der Waals surface area contributed by atoms with Gasteiger partial charge in [0, 0.05) is 5.33 Å². The quantitative estimate of drug-likeness (QED) is 0.849. The first-order chi connectivity index (χ1) is 8.65. The molecule has 0 aliphatic heterocycles. The second-order valence-corrected chi connectivity index (χ2v) is 4.97. The molecule has 0 unspecified atom stereocenters. The summed E-state index contributed by atoms with van der Waals surface area (Å²) < 4.78 is 10.4. The van der Waals surface area contributed by atoms with E-state index in [4.69, 9.17) is 9.47 Å². The molecule has 4 nitrogen and oxygen atoms in total. The van der Waals surface area contributed by atoms with Crippen LogP contribution >= 0.6 is 15.9 Å². The van der Waals surface area contributed by atoms with Gasteiger partial charge in [0.15, 0.2) is 0 Å². The lowest BCUT2D eigenvalue weighted by atomic mass is 10.1. The highest BCUT2D eigenvalue weighted by molar-refractivity contribution is 9.09. The Balaban J connectivity index is 2.28. The van der Waals surface area contributed by atoms with Crippen molar-refractivity contribution in [2.45, 2.75) is 18.4 Å². The van der Waals surface area contributed by atoms with Crippen LogP contribution in [-0.2, 0) is 0 Å². The minimum atomic E-state index is -0.152. The zero-order chi connectivity index (χ0) is 13.2. The fourth-order valence-electron chi connectivity index (χ4n) is 1.82. The molecule has 18 heavy (non-hydrogen) atoms. The predicted octanol–water partition coefficient (Wildman–Crippen LogP) is 2.36. The normalized spacial score (nSPS) is 15.9. The maximum atomic E-state index is 12.3. The lowest BCUT2D eigenvalue weighted by molar-refractivity contribution is 0.0930. The van der Waals surface area contributed by atoms with Crippen LogP contribution in [0.2, 0.25) is 0 Å². The van der Waals surface area contributed by atoms with Gasteiger partial charge in [-0.25, -0.2) is 0 Å². The molecule has 1 aliphatic rings. The summed E-state index contributed by atoms with van der Waals surface area (Å²) in [7, 11) is 3.09. The van der Waals surface area contributed by atoms with Gasteiger partial charge in [0.2, 0.25) is 0 Å². The Labute approximate surface area is 115 Å². The summed E-state index contributed by atoms with van der Waals surface area (Å²) in [6, 6.07) is 5.31. The lowest BCUT2D eigenvalue weighted by Gasteiger charge is -2.17. The van der Waals surface area contributed by atoms with Gasteiger partial charge in [-0.2, -0.15) is 0 Å². The SMILES string of the molecule is COc1cccc(OC)c1C(=O)NC1(CBr)CC1. The van der Waals surface area contributed by atoms with Crippen molar-refractivity contribution in [2.24, 2.45) is 0 Å². The Hall–Kier alpha value is -1.23. The van der Waals surface area contributed by atoms with Gasteiger partial charge in [0.1, 0.15) is 17.1 Å². The van der Waals surface area contributed by atoms with Gasteiger partial charge in [-0.3, -0.25) is 4.79 Å². The van der Waals surface area contributed by atoms with Gasteiger partial charge in [0.25, 0.3) is 5.91 Å². The molecule has 5 heteroatoms. The fraction of sp³-hybridized carbons (Fsp3) is 0.462. The number of rotatable bonds is 5. The largest absolute Gasteiger partial charge is 0.496 e. The average molecular weight is 314 g/mol. The van der Waals surface area contributed by atoms with E-state index in [9.17, 15) is 4.79 Å². The number of amides is 1. The average Bonchev–Trinajstić information content (AvgIpc) is 3.17. The predicted molar refractivity (Wildman–Crippen MR) is 72.8 cm³/mol. The first-order valence-electron chi connectivity index (χ1n) is 5.75. The highest BCUT2D eigenvalue weighted by Crippen LogP contribution is 2.38. The smallest absolute Gasteiger partial charge is 0.259 e. The maximum absolute atomic E-state index is 12.3. The number of nitrogens with one attached hydrogen (secondary N) is 1. The second-order valence-electron chi connectivity index (χ2n) is 4.41. The first-order valence-corrected chi connectivity index (χ1v) is 6.87. The van der Waals surface area contributed by atoms with Crippen molar-refractivity contribution in [3.63, 3.8) is 0 Å². The third kappa shape index (κ3) is 2.46. The Morgan fingerprint density at radius 2 is 1.89 bits per heavy atom. The first kappa shape index (κ1) is 13.2. The third-order valence-corrected chi connectivity index (χ3v) is 4.22. The maximum Gasteiger partial charge on any atom is 0.259 e. The van der Waals surface area contributed by atoms with Crippen molar-refractivity contribution >= 4 is 21.8 Å². The summed E-state index contributed by atoms with van der Waals surface area (Å²) in [5.41, 5.74) is 0.359. The molecule has 0 atom stereocenters. The molecule has 0 bridgehead atoms. The van der Waals surface area contributed by atoms with Crippen LogP contribution < -0.4 is 14.8 Å². The van der Waals surface area contributed by atoms with Crippen LogP contribution in [0.25, 0.3) is 0 Å². The molecule has 0 saturated heterocycles. The molecule has 1 aromatic carbocycles. The molecule has 1 aromatic rings. The molecule has 2 rings (SSSR count). The van der Waals surface area contributed by atoms with E-state index in [1.54, 1.807) is 32.4 Å². The monoisotopic (exact) mass is 313 g/mol. The van der Waals surface area contributed by atoms with E-state index in [2.05, 4.69) is 21.2 Å². The van der Waals surface area contributed by atoms with Gasteiger partial charge in [-0.1, -0.05) is 22.0 Å². The van der Waals surface area contributed by atoms with E-state index in [0.29, 0.717) is 17.1 Å². The summed E-state index contributed by atoms with van der Waals surface area (Å²) >= 11 is 3.43. The number of carbonyl (C=O) groups is 1. The number of halogens is 1. The molecule has 1 N–H and O–H groups in total. The van der Waals surface area contributed by atoms with Gasteiger partial charge >= 0.3 is 0 Å². The minimum Gasteiger partial charge on any atom is -0.496 e. The number of hydrogen-bond acceptors (Lipinski definition) is 3. The zero-order valence-corrected chi connectivity index (χ0v) is 12.0. The highest BCUT2D eigenvalue weighted by Gasteiger charge is 2.43. The van der Waals surface area contributed by atoms with Crippen LogP contribution in [0.3, 0.4) is 0 Å². The van der Waals surface area contributed by atoms with E-state index in [-0.39, 0.29) is 11.4 Å². The summed E-state index contributed by atoms with van der Waals surface area (Å²) in [5, 5.41) is 3.80.